The number of aromatic nitrogens is 1. The number of H-pyrrole nitrogens is 1. The highest BCUT2D eigenvalue weighted by Gasteiger charge is 2.23. The monoisotopic (exact) mass is 350 g/mol. The summed E-state index contributed by atoms with van der Waals surface area (Å²) >= 11 is 0. The van der Waals surface area contributed by atoms with Crippen LogP contribution in [0.5, 0.6) is 0 Å². The van der Waals surface area contributed by atoms with Crippen molar-refractivity contribution in [3.8, 4) is 0 Å². The van der Waals surface area contributed by atoms with E-state index in [-0.39, 0.29) is 11.7 Å². The Morgan fingerprint density at radius 3 is 2.65 bits per heavy atom. The van der Waals surface area contributed by atoms with Crippen LogP contribution >= 0.6 is 0 Å². The van der Waals surface area contributed by atoms with Crippen LogP contribution in [0.1, 0.15) is 24.0 Å². The van der Waals surface area contributed by atoms with Crippen molar-refractivity contribution in [3.05, 3.63) is 71.7 Å². The van der Waals surface area contributed by atoms with Crippen molar-refractivity contribution in [2.45, 2.75) is 25.7 Å². The lowest BCUT2D eigenvalue weighted by Gasteiger charge is -2.32. The predicted octanol–water partition coefficient (Wildman–Crippen LogP) is 4.33. The maximum Gasteiger partial charge on any atom is 0.227 e. The van der Waals surface area contributed by atoms with E-state index in [2.05, 4.69) is 29.2 Å². The molecule has 3 nitrogen and oxygen atoms in total. The number of fused-ring (bicyclic) bond motifs is 1. The molecule has 1 fully saturated rings. The third kappa shape index (κ3) is 3.64. The van der Waals surface area contributed by atoms with E-state index < -0.39 is 0 Å². The van der Waals surface area contributed by atoms with Gasteiger partial charge in [0.1, 0.15) is 5.82 Å². The van der Waals surface area contributed by atoms with Crippen LogP contribution in [-0.4, -0.2) is 28.9 Å². The maximum absolute atomic E-state index is 13.5. The van der Waals surface area contributed by atoms with Crippen LogP contribution in [0.2, 0.25) is 0 Å². The average molecular weight is 350 g/mol. The summed E-state index contributed by atoms with van der Waals surface area (Å²) in [5.41, 5.74) is 3.12. The lowest BCUT2D eigenvalue weighted by atomic mass is 9.90. The molecule has 1 aliphatic heterocycles. The van der Waals surface area contributed by atoms with Crippen molar-refractivity contribution in [2.24, 2.45) is 5.92 Å². The Bertz CT molecular complexity index is 895. The van der Waals surface area contributed by atoms with Gasteiger partial charge in [-0.2, -0.15) is 0 Å². The Hall–Kier alpha value is -2.62. The smallest absolute Gasteiger partial charge is 0.227 e. The molecule has 0 saturated carbocycles. The van der Waals surface area contributed by atoms with E-state index in [1.54, 1.807) is 6.07 Å². The fourth-order valence-corrected chi connectivity index (χ4v) is 3.91. The van der Waals surface area contributed by atoms with E-state index in [0.29, 0.717) is 12.3 Å². The second-order valence-corrected chi connectivity index (χ2v) is 7.19. The lowest BCUT2D eigenvalue weighted by molar-refractivity contribution is -0.131. The molecule has 0 unspecified atom stereocenters. The molecule has 0 atom stereocenters. The second-order valence-electron chi connectivity index (χ2n) is 7.19. The number of rotatable bonds is 4. The fraction of sp³-hybridized carbons (Fsp3) is 0.318. The molecule has 1 N–H and O–H groups in total. The van der Waals surface area contributed by atoms with Gasteiger partial charge >= 0.3 is 0 Å². The van der Waals surface area contributed by atoms with Crippen molar-refractivity contribution < 1.29 is 9.18 Å². The molecule has 2 aromatic carbocycles. The topological polar surface area (TPSA) is 36.1 Å². The zero-order valence-electron chi connectivity index (χ0n) is 14.7. The van der Waals surface area contributed by atoms with Crippen molar-refractivity contribution >= 4 is 16.8 Å². The molecule has 1 aliphatic rings. The van der Waals surface area contributed by atoms with Gasteiger partial charge < -0.3 is 9.88 Å². The zero-order valence-corrected chi connectivity index (χ0v) is 14.7. The largest absolute Gasteiger partial charge is 0.361 e. The van der Waals surface area contributed by atoms with Gasteiger partial charge in [-0.05, 0) is 54.5 Å². The molecule has 2 heterocycles. The second kappa shape index (κ2) is 7.32. The first-order valence-corrected chi connectivity index (χ1v) is 9.26. The Labute approximate surface area is 152 Å². The number of likely N-dealkylation sites (tertiary alicyclic amines) is 1. The summed E-state index contributed by atoms with van der Waals surface area (Å²) in [7, 11) is 0. The molecule has 1 amide bonds. The van der Waals surface area contributed by atoms with Crippen LogP contribution in [0.4, 0.5) is 4.39 Å². The van der Waals surface area contributed by atoms with E-state index in [1.807, 2.05) is 17.2 Å². The standard InChI is InChI=1S/C22H23FN2O/c23-19-6-7-21-20(14-19)18(15-24-21)13-22(26)25-10-8-17(9-11-25)12-16-4-2-1-3-5-16/h1-7,14-15,17,24H,8-13H2. The maximum atomic E-state index is 13.5. The molecular weight excluding hydrogens is 327 g/mol. The predicted molar refractivity (Wildman–Crippen MR) is 101 cm³/mol. The van der Waals surface area contributed by atoms with E-state index >= 15 is 0 Å². The molecule has 4 heteroatoms. The SMILES string of the molecule is O=C(Cc1c[nH]c2ccc(F)cc12)N1CCC(Cc2ccccc2)CC1. The number of halogens is 1. The van der Waals surface area contributed by atoms with Crippen LogP contribution in [-0.2, 0) is 17.6 Å². The number of hydrogen-bond donors (Lipinski definition) is 1. The summed E-state index contributed by atoms with van der Waals surface area (Å²) in [5.74, 6) is 0.504. The van der Waals surface area contributed by atoms with Crippen molar-refractivity contribution in [3.63, 3.8) is 0 Å². The molecule has 134 valence electrons. The molecule has 0 bridgehead atoms. The Kier molecular flexibility index (Phi) is 4.74. The molecule has 3 aromatic rings. The average Bonchev–Trinajstić information content (AvgIpc) is 3.05. The molecule has 4 rings (SSSR count). The number of carbonyl (C=O) groups excluding carboxylic acids is 1. The molecule has 0 radical (unpaired) electrons. The molecular formula is C22H23FN2O. The van der Waals surface area contributed by atoms with Crippen LogP contribution in [0.3, 0.4) is 0 Å². The number of benzene rings is 2. The van der Waals surface area contributed by atoms with E-state index in [4.69, 9.17) is 0 Å². The Morgan fingerprint density at radius 2 is 1.88 bits per heavy atom. The summed E-state index contributed by atoms with van der Waals surface area (Å²) in [4.78, 5) is 17.8. The number of aromatic amines is 1. The number of nitrogens with zero attached hydrogens (tertiary/aromatic N) is 1. The highest BCUT2D eigenvalue weighted by molar-refractivity contribution is 5.89. The van der Waals surface area contributed by atoms with Gasteiger partial charge in [-0.1, -0.05) is 30.3 Å². The molecule has 0 aliphatic carbocycles. The zero-order chi connectivity index (χ0) is 17.9. The van der Waals surface area contributed by atoms with Gasteiger partial charge in [0, 0.05) is 30.2 Å². The number of hydrogen-bond acceptors (Lipinski definition) is 1. The minimum Gasteiger partial charge on any atom is -0.361 e. The van der Waals surface area contributed by atoms with Crippen molar-refractivity contribution in [1.29, 1.82) is 0 Å². The van der Waals surface area contributed by atoms with Gasteiger partial charge in [-0.25, -0.2) is 4.39 Å². The minimum atomic E-state index is -0.271. The molecule has 1 saturated heterocycles. The highest BCUT2D eigenvalue weighted by Crippen LogP contribution is 2.24. The summed E-state index contributed by atoms with van der Waals surface area (Å²) in [6.07, 6.45) is 5.33. The van der Waals surface area contributed by atoms with Crippen LogP contribution < -0.4 is 0 Å². The first kappa shape index (κ1) is 16.8. The fourth-order valence-electron chi connectivity index (χ4n) is 3.91. The summed E-state index contributed by atoms with van der Waals surface area (Å²) in [6.45, 7) is 1.63. The first-order valence-electron chi connectivity index (χ1n) is 9.26. The van der Waals surface area contributed by atoms with Crippen molar-refractivity contribution in [2.75, 3.05) is 13.1 Å². The normalized spacial score (nSPS) is 15.5. The van der Waals surface area contributed by atoms with Gasteiger partial charge in [0.15, 0.2) is 0 Å². The number of piperidine rings is 1. The van der Waals surface area contributed by atoms with Gasteiger partial charge in [0.05, 0.1) is 6.42 Å². The summed E-state index contributed by atoms with van der Waals surface area (Å²) in [5, 5.41) is 0.803. The highest BCUT2D eigenvalue weighted by atomic mass is 19.1. The Balaban J connectivity index is 1.35. The van der Waals surface area contributed by atoms with Crippen LogP contribution in [0.25, 0.3) is 10.9 Å². The molecule has 26 heavy (non-hydrogen) atoms. The number of nitrogens with one attached hydrogen (secondary N) is 1. The third-order valence-electron chi connectivity index (χ3n) is 5.41. The van der Waals surface area contributed by atoms with E-state index in [0.717, 1.165) is 48.8 Å². The lowest BCUT2D eigenvalue weighted by Crippen LogP contribution is -2.39. The summed E-state index contributed by atoms with van der Waals surface area (Å²) in [6, 6.07) is 15.2. The summed E-state index contributed by atoms with van der Waals surface area (Å²) < 4.78 is 13.5. The van der Waals surface area contributed by atoms with Gasteiger partial charge in [-0.3, -0.25) is 4.79 Å². The van der Waals surface area contributed by atoms with Gasteiger partial charge in [0.2, 0.25) is 5.91 Å². The van der Waals surface area contributed by atoms with E-state index in [9.17, 15) is 9.18 Å². The third-order valence-corrected chi connectivity index (χ3v) is 5.41. The van der Waals surface area contributed by atoms with Crippen LogP contribution in [0, 0.1) is 11.7 Å². The van der Waals surface area contributed by atoms with Crippen LogP contribution in [0.15, 0.2) is 54.7 Å². The molecule has 1 aromatic heterocycles. The Morgan fingerprint density at radius 1 is 1.12 bits per heavy atom. The quantitative estimate of drug-likeness (QED) is 0.747. The van der Waals surface area contributed by atoms with E-state index in [1.165, 1.54) is 17.7 Å². The van der Waals surface area contributed by atoms with Gasteiger partial charge in [0.25, 0.3) is 0 Å². The van der Waals surface area contributed by atoms with Gasteiger partial charge in [-0.15, -0.1) is 0 Å². The first-order chi connectivity index (χ1) is 12.7. The number of amides is 1. The van der Waals surface area contributed by atoms with Crippen molar-refractivity contribution in [1.82, 2.24) is 9.88 Å². The minimum absolute atomic E-state index is 0.133. The molecule has 0 spiro atoms. The number of carbonyl (C=O) groups is 1.